The third kappa shape index (κ3) is 3.98. The van der Waals surface area contributed by atoms with Gasteiger partial charge < -0.3 is 14.2 Å². The number of benzene rings is 2. The van der Waals surface area contributed by atoms with Crippen LogP contribution in [0.3, 0.4) is 0 Å². The average molecular weight is 410 g/mol. The summed E-state index contributed by atoms with van der Waals surface area (Å²) in [5, 5.41) is 4.09. The smallest absolute Gasteiger partial charge is 0.388 e. The molecule has 0 bridgehead atoms. The second-order valence-corrected chi connectivity index (χ2v) is 7.42. The van der Waals surface area contributed by atoms with Crippen molar-refractivity contribution in [1.29, 1.82) is 0 Å². The molecule has 0 spiro atoms. The van der Waals surface area contributed by atoms with Gasteiger partial charge in [-0.3, -0.25) is 4.79 Å². The Kier molecular flexibility index (Phi) is 5.39. The molecule has 8 heteroatoms. The van der Waals surface area contributed by atoms with Crippen LogP contribution in [0.1, 0.15) is 11.1 Å². The van der Waals surface area contributed by atoms with Crippen LogP contribution in [-0.2, 0) is 11.3 Å². The van der Waals surface area contributed by atoms with E-state index in [1.165, 1.54) is 41.1 Å². The summed E-state index contributed by atoms with van der Waals surface area (Å²) >= 11 is 0. The van der Waals surface area contributed by atoms with E-state index < -0.39 is 11.6 Å². The predicted molar refractivity (Wildman–Crippen MR) is 111 cm³/mol. The number of piperazine rings is 1. The Morgan fingerprint density at radius 2 is 1.77 bits per heavy atom. The number of aromatic nitrogens is 2. The average Bonchev–Trinajstić information content (AvgIpc) is 3.11. The van der Waals surface area contributed by atoms with Gasteiger partial charge in [0.25, 0.3) is 0 Å². The highest BCUT2D eigenvalue weighted by Crippen LogP contribution is 2.24. The molecular weight excluding hydrogens is 387 g/mol. The Morgan fingerprint density at radius 3 is 2.47 bits per heavy atom. The van der Waals surface area contributed by atoms with Gasteiger partial charge in [-0.25, -0.2) is 9.18 Å². The van der Waals surface area contributed by atoms with E-state index in [0.29, 0.717) is 18.7 Å². The van der Waals surface area contributed by atoms with Crippen molar-refractivity contribution in [1.82, 2.24) is 14.7 Å². The largest absolute Gasteiger partial charge is 0.437 e. The number of nitrogens with zero attached hydrogens (tertiary/aromatic N) is 4. The molecular formula is C22H23FN4O3. The number of amides is 1. The Balaban J connectivity index is 1.40. The minimum Gasteiger partial charge on any atom is -0.388 e. The first-order valence-corrected chi connectivity index (χ1v) is 9.85. The predicted octanol–water partition coefficient (Wildman–Crippen LogP) is 2.61. The first-order chi connectivity index (χ1) is 14.4. The lowest BCUT2D eigenvalue weighted by molar-refractivity contribution is -0.132. The minimum atomic E-state index is -0.711. The van der Waals surface area contributed by atoms with Crippen LogP contribution in [0, 0.1) is 19.7 Å². The first-order valence-electron chi connectivity index (χ1n) is 9.85. The number of anilines is 1. The van der Waals surface area contributed by atoms with Crippen molar-refractivity contribution in [2.45, 2.75) is 20.4 Å². The summed E-state index contributed by atoms with van der Waals surface area (Å²) < 4.78 is 19.2. The zero-order valence-corrected chi connectivity index (χ0v) is 17.0. The number of carbonyl (C=O) groups excluding carboxylic acids is 1. The maximum absolute atomic E-state index is 13.1. The van der Waals surface area contributed by atoms with Crippen molar-refractivity contribution in [3.63, 3.8) is 0 Å². The van der Waals surface area contributed by atoms with Crippen LogP contribution in [0.4, 0.5) is 10.1 Å². The van der Waals surface area contributed by atoms with Crippen molar-refractivity contribution in [3.05, 3.63) is 70.0 Å². The molecule has 0 unspecified atom stereocenters. The quantitative estimate of drug-likeness (QED) is 0.661. The third-order valence-electron chi connectivity index (χ3n) is 5.53. The Morgan fingerprint density at radius 1 is 1.07 bits per heavy atom. The van der Waals surface area contributed by atoms with Crippen LogP contribution in [-0.4, -0.2) is 46.8 Å². The highest BCUT2D eigenvalue weighted by Gasteiger charge is 2.24. The zero-order valence-electron chi connectivity index (χ0n) is 17.0. The maximum Gasteiger partial charge on any atom is 0.437 e. The van der Waals surface area contributed by atoms with Crippen molar-refractivity contribution >= 4 is 11.6 Å². The molecule has 1 amide bonds. The summed E-state index contributed by atoms with van der Waals surface area (Å²) in [5.41, 5.74) is 4.16. The molecule has 1 aromatic heterocycles. The lowest BCUT2D eigenvalue weighted by atomic mass is 10.1. The molecule has 4 rings (SSSR count). The lowest BCUT2D eigenvalue weighted by Gasteiger charge is -2.37. The molecule has 2 heterocycles. The number of aryl methyl sites for hydroxylation is 1. The SMILES string of the molecule is Cc1cccc(N2CCN(C(=O)Cn3nc(-c4ccc(F)cc4)oc3=O)CC2)c1C. The molecule has 3 aromatic rings. The molecule has 156 valence electrons. The molecule has 0 saturated carbocycles. The summed E-state index contributed by atoms with van der Waals surface area (Å²) in [6.45, 7) is 6.61. The number of hydrogen-bond donors (Lipinski definition) is 0. The highest BCUT2D eigenvalue weighted by atomic mass is 19.1. The fourth-order valence-electron chi connectivity index (χ4n) is 3.62. The molecule has 0 atom stereocenters. The van der Waals surface area contributed by atoms with E-state index in [-0.39, 0.29) is 18.3 Å². The number of hydrogen-bond acceptors (Lipinski definition) is 5. The third-order valence-corrected chi connectivity index (χ3v) is 5.53. The van der Waals surface area contributed by atoms with E-state index in [4.69, 9.17) is 4.42 Å². The van der Waals surface area contributed by atoms with E-state index in [9.17, 15) is 14.0 Å². The van der Waals surface area contributed by atoms with Crippen LogP contribution in [0.25, 0.3) is 11.5 Å². The van der Waals surface area contributed by atoms with Crippen LogP contribution in [0.5, 0.6) is 0 Å². The molecule has 1 fully saturated rings. The molecule has 0 N–H and O–H groups in total. The topological polar surface area (TPSA) is 71.6 Å². The van der Waals surface area contributed by atoms with Crippen molar-refractivity contribution in [2.75, 3.05) is 31.1 Å². The van der Waals surface area contributed by atoms with Crippen molar-refractivity contribution < 1.29 is 13.6 Å². The summed E-state index contributed by atoms with van der Waals surface area (Å²) in [7, 11) is 0. The van der Waals surface area contributed by atoms with Crippen molar-refractivity contribution in [2.24, 2.45) is 0 Å². The van der Waals surface area contributed by atoms with E-state index in [1.54, 1.807) is 4.90 Å². The van der Waals surface area contributed by atoms with Crippen LogP contribution >= 0.6 is 0 Å². The summed E-state index contributed by atoms with van der Waals surface area (Å²) in [6.07, 6.45) is 0. The Hall–Kier alpha value is -3.42. The summed E-state index contributed by atoms with van der Waals surface area (Å²) in [5.74, 6) is -1.23. The van der Waals surface area contributed by atoms with Gasteiger partial charge in [0.1, 0.15) is 12.4 Å². The van der Waals surface area contributed by atoms with E-state index >= 15 is 0 Å². The normalized spacial score (nSPS) is 14.2. The fraction of sp³-hybridized carbons (Fsp3) is 0.318. The second-order valence-electron chi connectivity index (χ2n) is 7.42. The second kappa shape index (κ2) is 8.14. The van der Waals surface area contributed by atoms with E-state index in [0.717, 1.165) is 17.8 Å². The zero-order chi connectivity index (χ0) is 21.3. The Bertz CT molecular complexity index is 1110. The molecule has 0 aliphatic carbocycles. The van der Waals surface area contributed by atoms with Gasteiger partial charge in [-0.1, -0.05) is 12.1 Å². The van der Waals surface area contributed by atoms with E-state index in [2.05, 4.69) is 36.0 Å². The van der Waals surface area contributed by atoms with Gasteiger partial charge in [0.15, 0.2) is 0 Å². The van der Waals surface area contributed by atoms with Gasteiger partial charge in [0.2, 0.25) is 11.8 Å². The van der Waals surface area contributed by atoms with Crippen molar-refractivity contribution in [3.8, 4) is 11.5 Å². The first kappa shape index (κ1) is 19.9. The lowest BCUT2D eigenvalue weighted by Crippen LogP contribution is -2.50. The molecule has 0 radical (unpaired) electrons. The molecule has 1 aliphatic heterocycles. The van der Waals surface area contributed by atoms with Gasteiger partial charge in [-0.15, -0.1) is 5.10 Å². The Labute approximate surface area is 173 Å². The fourth-order valence-corrected chi connectivity index (χ4v) is 3.62. The van der Waals surface area contributed by atoms with Gasteiger partial charge in [-0.05, 0) is 55.3 Å². The van der Waals surface area contributed by atoms with Gasteiger partial charge >= 0.3 is 5.76 Å². The molecule has 30 heavy (non-hydrogen) atoms. The molecule has 7 nitrogen and oxygen atoms in total. The highest BCUT2D eigenvalue weighted by molar-refractivity contribution is 5.76. The van der Waals surface area contributed by atoms with Gasteiger partial charge in [0, 0.05) is 37.4 Å². The van der Waals surface area contributed by atoms with Gasteiger partial charge in [-0.2, -0.15) is 4.68 Å². The maximum atomic E-state index is 13.1. The van der Waals surface area contributed by atoms with E-state index in [1.807, 2.05) is 6.07 Å². The molecule has 1 saturated heterocycles. The van der Waals surface area contributed by atoms with Crippen LogP contribution < -0.4 is 10.7 Å². The number of halogens is 1. The number of carbonyl (C=O) groups is 1. The monoisotopic (exact) mass is 410 g/mol. The summed E-state index contributed by atoms with van der Waals surface area (Å²) in [6, 6.07) is 11.7. The molecule has 2 aromatic carbocycles. The standard InChI is InChI=1S/C22H23FN4O3/c1-15-4-3-5-19(16(15)2)25-10-12-26(13-11-25)20(28)14-27-22(29)30-21(24-27)17-6-8-18(23)9-7-17/h3-9H,10-14H2,1-2H3. The number of rotatable bonds is 4. The van der Waals surface area contributed by atoms with Crippen LogP contribution in [0.2, 0.25) is 0 Å². The van der Waals surface area contributed by atoms with Gasteiger partial charge in [0.05, 0.1) is 0 Å². The summed E-state index contributed by atoms with van der Waals surface area (Å²) in [4.78, 5) is 28.8. The van der Waals surface area contributed by atoms with Crippen LogP contribution in [0.15, 0.2) is 51.7 Å². The minimum absolute atomic E-state index is 0.0625. The molecule has 1 aliphatic rings.